The minimum Gasteiger partial charge on any atom is -0.304 e. The van der Waals surface area contributed by atoms with E-state index in [1.165, 1.54) is 0 Å². The van der Waals surface area contributed by atoms with Gasteiger partial charge in [0.05, 0.1) is 0 Å². The van der Waals surface area contributed by atoms with Crippen molar-refractivity contribution in [2.24, 2.45) is 0 Å². The van der Waals surface area contributed by atoms with E-state index in [1.54, 1.807) is 0 Å². The summed E-state index contributed by atoms with van der Waals surface area (Å²) in [5.41, 5.74) is 1.08. The second kappa shape index (κ2) is 5.04. The first-order chi connectivity index (χ1) is 6.02. The standard InChI is InChI=1S/C8H8I2O2S/c9-8(10,13(11)12)6-7-4-2-1-3-5-7/h1-5H,6H2,(H,11,12). The topological polar surface area (TPSA) is 37.3 Å². The van der Waals surface area contributed by atoms with Crippen LogP contribution in [-0.2, 0) is 17.5 Å². The van der Waals surface area contributed by atoms with Gasteiger partial charge in [-0.05, 0) is 50.7 Å². The van der Waals surface area contributed by atoms with Gasteiger partial charge in [0.15, 0.2) is 11.8 Å². The molecule has 1 aromatic rings. The smallest absolute Gasteiger partial charge is 0.179 e. The molecular weight excluding hydrogens is 414 g/mol. The second-order valence-electron chi connectivity index (χ2n) is 2.55. The van der Waals surface area contributed by atoms with E-state index < -0.39 is 11.8 Å². The highest BCUT2D eigenvalue weighted by Crippen LogP contribution is 2.34. The highest BCUT2D eigenvalue weighted by atomic mass is 127. The first-order valence-electron chi connectivity index (χ1n) is 3.55. The average Bonchev–Trinajstić information content (AvgIpc) is 2.05. The maximum atomic E-state index is 10.9. The zero-order valence-electron chi connectivity index (χ0n) is 6.61. The third kappa shape index (κ3) is 3.80. The van der Waals surface area contributed by atoms with Gasteiger partial charge < -0.3 is 4.55 Å². The Kier molecular flexibility index (Phi) is 4.59. The molecule has 1 N–H and O–H groups in total. The van der Waals surface area contributed by atoms with E-state index in [-0.39, 0.29) is 0 Å². The van der Waals surface area contributed by atoms with Gasteiger partial charge in [-0.25, -0.2) is 4.21 Å². The van der Waals surface area contributed by atoms with Crippen molar-refractivity contribution in [1.82, 2.24) is 0 Å². The van der Waals surface area contributed by atoms with Crippen molar-refractivity contribution in [3.05, 3.63) is 35.9 Å². The lowest BCUT2D eigenvalue weighted by atomic mass is 10.2. The van der Waals surface area contributed by atoms with Crippen molar-refractivity contribution in [2.45, 2.75) is 7.18 Å². The first kappa shape index (κ1) is 11.9. The Hall–Kier alpha value is 0.790. The van der Waals surface area contributed by atoms with Crippen molar-refractivity contribution in [3.63, 3.8) is 0 Å². The van der Waals surface area contributed by atoms with Gasteiger partial charge in [0.2, 0.25) is 0 Å². The van der Waals surface area contributed by atoms with Crippen LogP contribution in [-0.4, -0.2) is 9.52 Å². The first-order valence-corrected chi connectivity index (χ1v) is 6.81. The van der Waals surface area contributed by atoms with Crippen LogP contribution in [0.2, 0.25) is 0 Å². The molecule has 0 saturated heterocycles. The molecule has 1 aromatic carbocycles. The Bertz CT molecular complexity index is 300. The molecule has 2 nitrogen and oxygen atoms in total. The van der Waals surface area contributed by atoms with E-state index >= 15 is 0 Å². The number of hydrogen-bond acceptors (Lipinski definition) is 1. The maximum Gasteiger partial charge on any atom is 0.179 e. The zero-order valence-corrected chi connectivity index (χ0v) is 11.7. The normalized spacial score (nSPS) is 14.1. The summed E-state index contributed by atoms with van der Waals surface area (Å²) in [6.45, 7) is 0. The molecular formula is C8H8I2O2S. The van der Waals surface area contributed by atoms with Crippen molar-refractivity contribution < 1.29 is 8.76 Å². The summed E-state index contributed by atoms with van der Waals surface area (Å²) in [6, 6.07) is 9.71. The molecule has 1 rings (SSSR count). The Morgan fingerprint density at radius 2 is 1.85 bits per heavy atom. The van der Waals surface area contributed by atoms with Crippen LogP contribution in [0.5, 0.6) is 0 Å². The van der Waals surface area contributed by atoms with Crippen LogP contribution in [0.3, 0.4) is 0 Å². The molecule has 0 fully saturated rings. The zero-order chi connectivity index (χ0) is 9.90. The van der Waals surface area contributed by atoms with Gasteiger partial charge in [-0.2, -0.15) is 0 Å². The third-order valence-electron chi connectivity index (χ3n) is 1.51. The molecule has 1 atom stereocenters. The van der Waals surface area contributed by atoms with E-state index in [4.69, 9.17) is 4.55 Å². The number of hydrogen-bond donors (Lipinski definition) is 1. The molecule has 72 valence electrons. The van der Waals surface area contributed by atoms with Crippen LogP contribution in [0.25, 0.3) is 0 Å². The fourth-order valence-electron chi connectivity index (χ4n) is 0.895. The lowest BCUT2D eigenvalue weighted by Gasteiger charge is -2.15. The van der Waals surface area contributed by atoms with Crippen LogP contribution in [0.4, 0.5) is 0 Å². The molecule has 5 heteroatoms. The summed E-state index contributed by atoms with van der Waals surface area (Å²) in [7, 11) is 0. The molecule has 0 radical (unpaired) electrons. The van der Waals surface area contributed by atoms with Crippen molar-refractivity contribution in [1.29, 1.82) is 0 Å². The molecule has 1 unspecified atom stereocenters. The SMILES string of the molecule is O=S(O)C(I)(I)Cc1ccccc1. The van der Waals surface area contributed by atoms with Crippen molar-refractivity contribution >= 4 is 56.3 Å². The molecule has 0 aromatic heterocycles. The molecule has 0 aliphatic rings. The minimum absolute atomic E-state index is 0.595. The third-order valence-corrected chi connectivity index (χ3v) is 5.19. The van der Waals surface area contributed by atoms with Gasteiger partial charge in [0.25, 0.3) is 0 Å². The van der Waals surface area contributed by atoms with Crippen LogP contribution in [0, 0.1) is 0 Å². The van der Waals surface area contributed by atoms with E-state index in [1.807, 2.05) is 75.5 Å². The summed E-state index contributed by atoms with van der Waals surface area (Å²) in [5, 5.41) is 0. The molecule has 0 bridgehead atoms. The number of halogens is 2. The van der Waals surface area contributed by atoms with Crippen molar-refractivity contribution in [3.8, 4) is 0 Å². The predicted molar refractivity (Wildman–Crippen MR) is 71.7 cm³/mol. The summed E-state index contributed by atoms with van der Waals surface area (Å²) in [4.78, 5) is 0. The maximum absolute atomic E-state index is 10.9. The molecule has 0 amide bonds. The van der Waals surface area contributed by atoms with E-state index in [9.17, 15) is 4.21 Å². The molecule has 0 aliphatic carbocycles. The van der Waals surface area contributed by atoms with Crippen LogP contribution < -0.4 is 0 Å². The lowest BCUT2D eigenvalue weighted by molar-refractivity contribution is 0.560. The molecule has 0 saturated carbocycles. The van der Waals surface area contributed by atoms with Gasteiger partial charge >= 0.3 is 0 Å². The molecule has 13 heavy (non-hydrogen) atoms. The Balaban J connectivity index is 2.75. The summed E-state index contributed by atoms with van der Waals surface area (Å²) in [5.74, 6) is 0. The van der Waals surface area contributed by atoms with Crippen LogP contribution >= 0.6 is 45.2 Å². The van der Waals surface area contributed by atoms with E-state index in [0.717, 1.165) is 5.56 Å². The van der Waals surface area contributed by atoms with Gasteiger partial charge in [0.1, 0.15) is 0 Å². The second-order valence-corrected chi connectivity index (χ2v) is 11.0. The van der Waals surface area contributed by atoms with Gasteiger partial charge in [-0.1, -0.05) is 30.3 Å². The number of rotatable bonds is 3. The van der Waals surface area contributed by atoms with Crippen LogP contribution in [0.15, 0.2) is 30.3 Å². The van der Waals surface area contributed by atoms with Gasteiger partial charge in [-0.3, -0.25) is 0 Å². The number of benzene rings is 1. The Morgan fingerprint density at radius 3 is 2.31 bits per heavy atom. The molecule has 0 spiro atoms. The Labute approximate surface area is 107 Å². The molecule has 0 aliphatic heterocycles. The fraction of sp³-hybridized carbons (Fsp3) is 0.250. The largest absolute Gasteiger partial charge is 0.304 e. The molecule has 0 heterocycles. The van der Waals surface area contributed by atoms with Crippen LogP contribution in [0.1, 0.15) is 5.56 Å². The average molecular weight is 422 g/mol. The monoisotopic (exact) mass is 422 g/mol. The Morgan fingerprint density at radius 1 is 1.31 bits per heavy atom. The number of alkyl halides is 2. The summed E-state index contributed by atoms with van der Waals surface area (Å²) in [6.07, 6.45) is 0.595. The van der Waals surface area contributed by atoms with E-state index in [0.29, 0.717) is 6.42 Å². The lowest BCUT2D eigenvalue weighted by Crippen LogP contribution is -2.20. The van der Waals surface area contributed by atoms with Gasteiger partial charge in [-0.15, -0.1) is 0 Å². The van der Waals surface area contributed by atoms with Crippen molar-refractivity contribution in [2.75, 3.05) is 0 Å². The summed E-state index contributed by atoms with van der Waals surface area (Å²) < 4.78 is 19.3. The minimum atomic E-state index is -1.80. The predicted octanol–water partition coefficient (Wildman–Crippen LogP) is 2.97. The highest BCUT2D eigenvalue weighted by Gasteiger charge is 2.29. The fourth-order valence-corrected chi connectivity index (χ4v) is 2.07. The van der Waals surface area contributed by atoms with Gasteiger partial charge in [0, 0.05) is 6.42 Å². The summed E-state index contributed by atoms with van der Waals surface area (Å²) >= 11 is 2.21. The quantitative estimate of drug-likeness (QED) is 0.463. The highest BCUT2D eigenvalue weighted by molar-refractivity contribution is 14.2. The van der Waals surface area contributed by atoms with E-state index in [2.05, 4.69) is 0 Å².